The summed E-state index contributed by atoms with van der Waals surface area (Å²) in [6.07, 6.45) is 2.43. The molecule has 1 aliphatic rings. The van der Waals surface area contributed by atoms with Crippen LogP contribution in [0.1, 0.15) is 73.4 Å². The van der Waals surface area contributed by atoms with Gasteiger partial charge in [0.05, 0.1) is 24.4 Å². The van der Waals surface area contributed by atoms with Gasteiger partial charge in [-0.05, 0) is 25.0 Å². The largest absolute Gasteiger partial charge is 0.443 e. The molecule has 4 atom stereocenters. The zero-order chi connectivity index (χ0) is 29.3. The van der Waals surface area contributed by atoms with E-state index in [4.69, 9.17) is 4.42 Å². The number of carbonyl (C=O) groups is 2. The zero-order valence-electron chi connectivity index (χ0n) is 24.5. The van der Waals surface area contributed by atoms with Crippen molar-refractivity contribution in [3.63, 3.8) is 0 Å². The Balaban J connectivity index is 0.00000127. The molecule has 2 amide bonds. The molecule has 3 N–H and O–H groups in total. The van der Waals surface area contributed by atoms with E-state index in [0.717, 1.165) is 11.3 Å². The topological polar surface area (TPSA) is 134 Å². The SMILES string of the molecule is CC.CC.CCn1nccc1-c1ccc(C(CO)NC(=O)C2CC(O)CN2C(=O)C(C)C(C)C)c2ncoc12. The number of aliphatic hydroxyl groups is 2. The average molecular weight is 544 g/mol. The molecule has 0 radical (unpaired) electrons. The van der Waals surface area contributed by atoms with E-state index >= 15 is 0 Å². The number of nitrogens with zero attached hydrogens (tertiary/aromatic N) is 4. The number of likely N-dealkylation sites (tertiary alicyclic amines) is 1. The van der Waals surface area contributed by atoms with Gasteiger partial charge < -0.3 is 24.8 Å². The van der Waals surface area contributed by atoms with Crippen molar-refractivity contribution >= 4 is 22.9 Å². The summed E-state index contributed by atoms with van der Waals surface area (Å²) in [7, 11) is 0. The molecule has 2 aromatic heterocycles. The van der Waals surface area contributed by atoms with Gasteiger partial charge in [-0.15, -0.1) is 0 Å². The van der Waals surface area contributed by atoms with Crippen molar-refractivity contribution in [3.8, 4) is 11.3 Å². The van der Waals surface area contributed by atoms with Crippen LogP contribution < -0.4 is 5.32 Å². The first kappa shape index (κ1) is 32.0. The summed E-state index contributed by atoms with van der Waals surface area (Å²) in [5.41, 5.74) is 3.34. The van der Waals surface area contributed by atoms with Gasteiger partial charge in [0.1, 0.15) is 11.6 Å². The van der Waals surface area contributed by atoms with Crippen molar-refractivity contribution in [1.82, 2.24) is 25.0 Å². The van der Waals surface area contributed by atoms with Crippen molar-refractivity contribution in [2.45, 2.75) is 86.5 Å². The number of aryl methyl sites for hydroxylation is 1. The van der Waals surface area contributed by atoms with Crippen LogP contribution in [0.4, 0.5) is 0 Å². The van der Waals surface area contributed by atoms with Gasteiger partial charge in [-0.2, -0.15) is 5.10 Å². The lowest BCUT2D eigenvalue weighted by Crippen LogP contribution is -2.49. The van der Waals surface area contributed by atoms with Gasteiger partial charge in [-0.1, -0.05) is 54.5 Å². The molecule has 1 saturated heterocycles. The molecule has 4 rings (SSSR count). The van der Waals surface area contributed by atoms with E-state index in [0.29, 0.717) is 23.2 Å². The standard InChI is InChI=1S/C25H33N5O5.2C2H6/c1-5-30-20(8-9-27-30)18-7-6-17(22-23(18)35-13-26-22)19(12-31)28-24(33)21-10-16(32)11-29(21)25(34)15(4)14(2)3;2*1-2/h6-9,13-16,19,21,31-32H,5,10-12H2,1-4H3,(H,28,33);2*1-2H3. The zero-order valence-corrected chi connectivity index (χ0v) is 24.5. The molecule has 216 valence electrons. The average Bonchev–Trinajstić information content (AvgIpc) is 3.72. The van der Waals surface area contributed by atoms with Crippen LogP contribution >= 0.6 is 0 Å². The summed E-state index contributed by atoms with van der Waals surface area (Å²) in [5.74, 6) is -0.747. The Hall–Kier alpha value is -3.24. The van der Waals surface area contributed by atoms with Crippen LogP contribution in [0.2, 0.25) is 0 Å². The van der Waals surface area contributed by atoms with E-state index in [-0.39, 0.29) is 37.3 Å². The highest BCUT2D eigenvalue weighted by molar-refractivity contribution is 5.93. The predicted octanol–water partition coefficient (Wildman–Crippen LogP) is 4.17. The number of aliphatic hydroxyl groups excluding tert-OH is 2. The van der Waals surface area contributed by atoms with Crippen molar-refractivity contribution in [2.24, 2.45) is 11.8 Å². The first-order chi connectivity index (χ1) is 18.8. The monoisotopic (exact) mass is 543 g/mol. The van der Waals surface area contributed by atoms with E-state index in [1.165, 1.54) is 11.3 Å². The molecule has 1 fully saturated rings. The molecule has 0 spiro atoms. The highest BCUT2D eigenvalue weighted by Gasteiger charge is 2.41. The Bertz CT molecular complexity index is 1200. The fraction of sp³-hybridized carbons (Fsp3) is 0.586. The minimum absolute atomic E-state index is 0.108. The number of hydrogen-bond donors (Lipinski definition) is 3. The van der Waals surface area contributed by atoms with Crippen LogP contribution in [0.15, 0.2) is 35.2 Å². The third-order valence-electron chi connectivity index (χ3n) is 6.94. The third kappa shape index (κ3) is 6.86. The summed E-state index contributed by atoms with van der Waals surface area (Å²) in [6, 6.07) is 3.99. The van der Waals surface area contributed by atoms with Crippen molar-refractivity contribution in [1.29, 1.82) is 0 Å². The smallest absolute Gasteiger partial charge is 0.243 e. The Morgan fingerprint density at radius 2 is 1.85 bits per heavy atom. The van der Waals surface area contributed by atoms with Gasteiger partial charge in [0.15, 0.2) is 12.0 Å². The number of carbonyl (C=O) groups excluding carboxylic acids is 2. The number of β-amino-alcohol motifs (C(OH)–C–C–N with tert-alkyl or cyclic N) is 1. The van der Waals surface area contributed by atoms with Crippen LogP contribution in [-0.2, 0) is 16.1 Å². The second-order valence-corrected chi connectivity index (χ2v) is 9.44. The number of amides is 2. The van der Waals surface area contributed by atoms with E-state index in [2.05, 4.69) is 15.4 Å². The molecule has 0 saturated carbocycles. The van der Waals surface area contributed by atoms with Crippen LogP contribution in [0.25, 0.3) is 22.4 Å². The Morgan fingerprint density at radius 3 is 2.46 bits per heavy atom. The highest BCUT2D eigenvalue weighted by atomic mass is 16.3. The Morgan fingerprint density at radius 1 is 1.15 bits per heavy atom. The molecule has 1 aliphatic heterocycles. The molecule has 10 nitrogen and oxygen atoms in total. The lowest BCUT2D eigenvalue weighted by Gasteiger charge is -2.29. The lowest BCUT2D eigenvalue weighted by molar-refractivity contribution is -0.142. The Kier molecular flexibility index (Phi) is 12.1. The first-order valence-electron chi connectivity index (χ1n) is 14.0. The van der Waals surface area contributed by atoms with E-state index in [9.17, 15) is 19.8 Å². The Labute approximate surface area is 231 Å². The number of hydrogen-bond acceptors (Lipinski definition) is 7. The second kappa shape index (κ2) is 14.8. The van der Waals surface area contributed by atoms with Crippen LogP contribution in [-0.4, -0.2) is 67.0 Å². The number of nitrogens with one attached hydrogen (secondary N) is 1. The normalized spacial score (nSPS) is 18.2. The predicted molar refractivity (Wildman–Crippen MR) is 152 cm³/mol. The maximum Gasteiger partial charge on any atom is 0.243 e. The van der Waals surface area contributed by atoms with Gasteiger partial charge in [0.2, 0.25) is 11.8 Å². The highest BCUT2D eigenvalue weighted by Crippen LogP contribution is 2.33. The van der Waals surface area contributed by atoms with Crippen molar-refractivity contribution < 1.29 is 24.2 Å². The molecular weight excluding hydrogens is 498 g/mol. The van der Waals surface area contributed by atoms with Crippen molar-refractivity contribution in [3.05, 3.63) is 36.4 Å². The summed E-state index contributed by atoms with van der Waals surface area (Å²) in [6.45, 7) is 16.2. The number of oxazole rings is 1. The van der Waals surface area contributed by atoms with Crippen LogP contribution in [0, 0.1) is 11.8 Å². The molecule has 0 aliphatic carbocycles. The lowest BCUT2D eigenvalue weighted by atomic mass is 9.96. The maximum absolute atomic E-state index is 13.3. The van der Waals surface area contributed by atoms with Gasteiger partial charge in [-0.25, -0.2) is 4.98 Å². The molecule has 3 heterocycles. The summed E-state index contributed by atoms with van der Waals surface area (Å²) in [5, 5.41) is 27.6. The third-order valence-corrected chi connectivity index (χ3v) is 6.94. The minimum Gasteiger partial charge on any atom is -0.443 e. The fourth-order valence-corrected chi connectivity index (χ4v) is 4.61. The molecular formula is C29H45N5O5. The van der Waals surface area contributed by atoms with E-state index < -0.39 is 24.1 Å². The second-order valence-electron chi connectivity index (χ2n) is 9.44. The quantitative estimate of drug-likeness (QED) is 0.388. The molecule has 4 unspecified atom stereocenters. The summed E-state index contributed by atoms with van der Waals surface area (Å²) < 4.78 is 7.54. The number of fused-ring (bicyclic) bond motifs is 1. The molecule has 3 aromatic rings. The molecule has 0 bridgehead atoms. The van der Waals surface area contributed by atoms with Gasteiger partial charge in [0, 0.05) is 42.8 Å². The summed E-state index contributed by atoms with van der Waals surface area (Å²) >= 11 is 0. The van der Waals surface area contributed by atoms with Crippen molar-refractivity contribution in [2.75, 3.05) is 13.2 Å². The van der Waals surface area contributed by atoms with Gasteiger partial charge in [-0.3, -0.25) is 14.3 Å². The van der Waals surface area contributed by atoms with E-state index in [1.807, 2.05) is 78.3 Å². The van der Waals surface area contributed by atoms with Gasteiger partial charge in [0.25, 0.3) is 0 Å². The summed E-state index contributed by atoms with van der Waals surface area (Å²) in [4.78, 5) is 32.1. The fourth-order valence-electron chi connectivity index (χ4n) is 4.61. The number of aromatic nitrogens is 3. The molecule has 1 aromatic carbocycles. The molecule has 10 heteroatoms. The van der Waals surface area contributed by atoms with Gasteiger partial charge >= 0.3 is 0 Å². The molecule has 39 heavy (non-hydrogen) atoms. The minimum atomic E-state index is -0.807. The first-order valence-corrected chi connectivity index (χ1v) is 14.0. The number of benzene rings is 1. The van der Waals surface area contributed by atoms with E-state index in [1.54, 1.807) is 6.20 Å². The van der Waals surface area contributed by atoms with Crippen LogP contribution in [0.3, 0.4) is 0 Å². The number of rotatable bonds is 8. The maximum atomic E-state index is 13.3. The van der Waals surface area contributed by atoms with Crippen LogP contribution in [0.5, 0.6) is 0 Å².